The van der Waals surface area contributed by atoms with Crippen molar-refractivity contribution in [3.8, 4) is 0 Å². The SMILES string of the molecule is O=C(c1cccc2nnnn12)N1C[C@@H]2OCC(n3cnc4ccccc43)CO[C@H]2C1. The van der Waals surface area contributed by atoms with Gasteiger partial charge in [0, 0.05) is 13.1 Å². The fourth-order valence-corrected chi connectivity index (χ4v) is 4.27. The summed E-state index contributed by atoms with van der Waals surface area (Å²) in [4.78, 5) is 19.3. The van der Waals surface area contributed by atoms with Crippen LogP contribution >= 0.6 is 0 Å². The topological polar surface area (TPSA) is 99.7 Å². The Hall–Kier alpha value is -3.37. The number of hydrogen-bond donors (Lipinski definition) is 0. The van der Waals surface area contributed by atoms with E-state index in [2.05, 4.69) is 25.1 Å². The molecule has 0 unspecified atom stereocenters. The van der Waals surface area contributed by atoms with Crippen molar-refractivity contribution in [2.45, 2.75) is 18.2 Å². The normalized spacial score (nSPS) is 22.5. The summed E-state index contributed by atoms with van der Waals surface area (Å²) in [6, 6.07) is 13.3. The van der Waals surface area contributed by atoms with Gasteiger partial charge in [-0.05, 0) is 34.7 Å². The van der Waals surface area contributed by atoms with Crippen LogP contribution in [0.4, 0.5) is 0 Å². The van der Waals surface area contributed by atoms with Gasteiger partial charge in [-0.1, -0.05) is 18.2 Å². The maximum atomic E-state index is 13.1. The average molecular weight is 405 g/mol. The summed E-state index contributed by atoms with van der Waals surface area (Å²) < 4.78 is 15.9. The van der Waals surface area contributed by atoms with Crippen molar-refractivity contribution in [2.75, 3.05) is 26.3 Å². The third-order valence-electron chi connectivity index (χ3n) is 5.82. The van der Waals surface area contributed by atoms with Crippen molar-refractivity contribution in [3.63, 3.8) is 0 Å². The first-order chi connectivity index (χ1) is 14.8. The number of fused-ring (bicyclic) bond motifs is 3. The number of benzene rings is 1. The monoisotopic (exact) mass is 405 g/mol. The highest BCUT2D eigenvalue weighted by Crippen LogP contribution is 2.27. The van der Waals surface area contributed by atoms with Gasteiger partial charge in [0.15, 0.2) is 5.65 Å². The van der Waals surface area contributed by atoms with Crippen LogP contribution in [0.3, 0.4) is 0 Å². The number of nitrogens with zero attached hydrogens (tertiary/aromatic N) is 7. The second-order valence-electron chi connectivity index (χ2n) is 7.61. The Kier molecular flexibility index (Phi) is 3.99. The van der Waals surface area contributed by atoms with Gasteiger partial charge in [-0.15, -0.1) is 5.10 Å². The number of likely N-dealkylation sites (tertiary alicyclic amines) is 1. The molecular weight excluding hydrogens is 386 g/mol. The summed E-state index contributed by atoms with van der Waals surface area (Å²) in [5.41, 5.74) is 2.98. The quantitative estimate of drug-likeness (QED) is 0.490. The van der Waals surface area contributed by atoms with Crippen LogP contribution in [-0.4, -0.2) is 78.9 Å². The highest BCUT2D eigenvalue weighted by Gasteiger charge is 2.40. The first-order valence-corrected chi connectivity index (χ1v) is 9.89. The molecule has 1 aromatic carbocycles. The molecule has 6 rings (SSSR count). The molecule has 0 saturated carbocycles. The lowest BCUT2D eigenvalue weighted by Gasteiger charge is -2.20. The molecule has 30 heavy (non-hydrogen) atoms. The highest BCUT2D eigenvalue weighted by molar-refractivity contribution is 5.93. The van der Waals surface area contributed by atoms with E-state index in [-0.39, 0.29) is 24.2 Å². The van der Waals surface area contributed by atoms with Gasteiger partial charge < -0.3 is 18.9 Å². The Balaban J connectivity index is 1.19. The van der Waals surface area contributed by atoms with E-state index in [1.807, 2.05) is 30.6 Å². The lowest BCUT2D eigenvalue weighted by molar-refractivity contribution is -0.00461. The molecule has 10 nitrogen and oxygen atoms in total. The zero-order valence-corrected chi connectivity index (χ0v) is 16.0. The minimum atomic E-state index is -0.165. The van der Waals surface area contributed by atoms with Crippen LogP contribution < -0.4 is 0 Å². The maximum Gasteiger partial charge on any atom is 0.272 e. The van der Waals surface area contributed by atoms with Gasteiger partial charge in [-0.25, -0.2) is 4.98 Å². The summed E-state index contributed by atoms with van der Waals surface area (Å²) in [5, 5.41) is 11.5. The third-order valence-corrected chi connectivity index (χ3v) is 5.82. The first kappa shape index (κ1) is 17.5. The van der Waals surface area contributed by atoms with Gasteiger partial charge in [0.05, 0.1) is 36.6 Å². The summed E-state index contributed by atoms with van der Waals surface area (Å²) in [6.07, 6.45) is 1.51. The predicted octanol–water partition coefficient (Wildman–Crippen LogP) is 0.955. The van der Waals surface area contributed by atoms with Crippen LogP contribution in [0.5, 0.6) is 0 Å². The zero-order chi connectivity index (χ0) is 20.1. The zero-order valence-electron chi connectivity index (χ0n) is 16.0. The summed E-state index contributed by atoms with van der Waals surface area (Å²) in [7, 11) is 0. The number of aromatic nitrogens is 6. The molecule has 4 aromatic rings. The molecule has 0 N–H and O–H groups in total. The molecule has 0 spiro atoms. The molecule has 5 heterocycles. The van der Waals surface area contributed by atoms with Crippen molar-refractivity contribution in [3.05, 3.63) is 54.5 Å². The van der Waals surface area contributed by atoms with Crippen LogP contribution in [0.1, 0.15) is 16.5 Å². The number of amides is 1. The Bertz CT molecular complexity index is 1220. The standard InChI is InChI=1S/C20H19N7O3/c28-20(16-6-3-7-19-22-23-24-27(16)19)25-8-17-18(9-25)30-11-13(10-29-17)26-12-21-14-4-1-2-5-15(14)26/h1-7,12-13,17-18H,8-11H2/t17-,18-/m0/s1. The van der Waals surface area contributed by atoms with E-state index in [1.165, 1.54) is 4.52 Å². The Morgan fingerprint density at radius 1 is 1.00 bits per heavy atom. The van der Waals surface area contributed by atoms with Crippen molar-refractivity contribution in [1.82, 2.24) is 34.5 Å². The summed E-state index contributed by atoms with van der Waals surface area (Å²) in [5.74, 6) is -0.134. The Morgan fingerprint density at radius 3 is 2.63 bits per heavy atom. The maximum absolute atomic E-state index is 13.1. The Labute approximate surface area is 171 Å². The lowest BCUT2D eigenvalue weighted by atomic mass is 10.2. The first-order valence-electron chi connectivity index (χ1n) is 9.89. The molecule has 10 heteroatoms. The Morgan fingerprint density at radius 2 is 1.80 bits per heavy atom. The van der Waals surface area contributed by atoms with E-state index in [9.17, 15) is 4.79 Å². The molecule has 2 saturated heterocycles. The number of pyridine rings is 1. The molecule has 1 amide bonds. The van der Waals surface area contributed by atoms with E-state index in [4.69, 9.17) is 9.47 Å². The number of hydrogen-bond acceptors (Lipinski definition) is 7. The van der Waals surface area contributed by atoms with E-state index in [1.54, 1.807) is 23.1 Å². The molecule has 0 radical (unpaired) electrons. The molecule has 0 bridgehead atoms. The molecule has 2 aliphatic heterocycles. The van der Waals surface area contributed by atoms with Crippen LogP contribution in [0.25, 0.3) is 16.7 Å². The number of tetrazole rings is 1. The third kappa shape index (κ3) is 2.76. The smallest absolute Gasteiger partial charge is 0.272 e. The molecule has 3 aromatic heterocycles. The second-order valence-corrected chi connectivity index (χ2v) is 7.61. The number of carbonyl (C=O) groups is 1. The van der Waals surface area contributed by atoms with Gasteiger partial charge in [0.2, 0.25) is 0 Å². The minimum absolute atomic E-state index is 0.0436. The van der Waals surface area contributed by atoms with Gasteiger partial charge in [-0.2, -0.15) is 4.52 Å². The molecule has 2 aliphatic rings. The van der Waals surface area contributed by atoms with Crippen LogP contribution in [0.2, 0.25) is 0 Å². The van der Waals surface area contributed by atoms with Crippen molar-refractivity contribution < 1.29 is 14.3 Å². The van der Waals surface area contributed by atoms with Gasteiger partial charge in [-0.3, -0.25) is 4.79 Å². The van der Waals surface area contributed by atoms with Crippen molar-refractivity contribution in [2.24, 2.45) is 0 Å². The fourth-order valence-electron chi connectivity index (χ4n) is 4.27. The number of carbonyl (C=O) groups excluding carboxylic acids is 1. The minimum Gasteiger partial charge on any atom is -0.371 e. The van der Waals surface area contributed by atoms with Crippen molar-refractivity contribution in [1.29, 1.82) is 0 Å². The van der Waals surface area contributed by atoms with Crippen LogP contribution in [0.15, 0.2) is 48.8 Å². The van der Waals surface area contributed by atoms with Crippen LogP contribution in [-0.2, 0) is 9.47 Å². The predicted molar refractivity (Wildman–Crippen MR) is 105 cm³/mol. The number of rotatable bonds is 2. The average Bonchev–Trinajstić information content (AvgIpc) is 3.49. The second kappa shape index (κ2) is 6.85. The summed E-state index contributed by atoms with van der Waals surface area (Å²) in [6.45, 7) is 1.96. The highest BCUT2D eigenvalue weighted by atomic mass is 16.6. The van der Waals surface area contributed by atoms with E-state index < -0.39 is 0 Å². The van der Waals surface area contributed by atoms with Gasteiger partial charge in [0.1, 0.15) is 17.9 Å². The molecule has 0 aliphatic carbocycles. The number of imidazole rings is 1. The number of ether oxygens (including phenoxy) is 2. The molecule has 2 fully saturated rings. The molecule has 152 valence electrons. The van der Waals surface area contributed by atoms with Gasteiger partial charge >= 0.3 is 0 Å². The fraction of sp³-hybridized carbons (Fsp3) is 0.350. The van der Waals surface area contributed by atoms with Crippen LogP contribution in [0, 0.1) is 0 Å². The van der Waals surface area contributed by atoms with E-state index in [0.29, 0.717) is 37.6 Å². The molecule has 2 atom stereocenters. The van der Waals surface area contributed by atoms with Crippen molar-refractivity contribution >= 4 is 22.6 Å². The lowest BCUT2D eigenvalue weighted by Crippen LogP contribution is -2.32. The van der Waals surface area contributed by atoms with Gasteiger partial charge in [0.25, 0.3) is 5.91 Å². The van der Waals surface area contributed by atoms with E-state index >= 15 is 0 Å². The largest absolute Gasteiger partial charge is 0.371 e. The van der Waals surface area contributed by atoms with E-state index in [0.717, 1.165) is 11.0 Å². The summed E-state index contributed by atoms with van der Waals surface area (Å²) >= 11 is 0. The molecular formula is C20H19N7O3. The number of para-hydroxylation sites is 2.